The highest BCUT2D eigenvalue weighted by Crippen LogP contribution is 2.36. The Morgan fingerprint density at radius 1 is 0.951 bits per heavy atom. The zero-order valence-electron chi connectivity index (χ0n) is 21.8. The van der Waals surface area contributed by atoms with Gasteiger partial charge in [0.2, 0.25) is 11.8 Å². The normalized spacial score (nSPS) is 12.8. The van der Waals surface area contributed by atoms with Crippen molar-refractivity contribution in [3.05, 3.63) is 101 Å². The highest BCUT2D eigenvalue weighted by molar-refractivity contribution is 5.89. The molecule has 2 N–H and O–H groups in total. The molecule has 2 amide bonds. The predicted molar refractivity (Wildman–Crippen MR) is 139 cm³/mol. The first kappa shape index (κ1) is 29.6. The molecular weight excluding hydrogens is 550 g/mol. The minimum Gasteiger partial charge on any atom is -0.361 e. The fraction of sp³-hybridized carbons (Fsp3) is 0.276. The van der Waals surface area contributed by atoms with E-state index < -0.39 is 47.9 Å². The second kappa shape index (κ2) is 12.0. The van der Waals surface area contributed by atoms with Crippen LogP contribution in [0.3, 0.4) is 0 Å². The number of nitrogens with one attached hydrogen (secondary N) is 2. The molecular formula is C29H26F6N4O2. The molecule has 2 aromatic carbocycles. The van der Waals surface area contributed by atoms with Crippen LogP contribution in [0, 0.1) is 0 Å². The van der Waals surface area contributed by atoms with Crippen molar-refractivity contribution in [1.29, 1.82) is 0 Å². The van der Waals surface area contributed by atoms with Crippen LogP contribution in [0.25, 0.3) is 10.9 Å². The highest BCUT2D eigenvalue weighted by atomic mass is 19.4. The van der Waals surface area contributed by atoms with E-state index in [2.05, 4.69) is 15.3 Å². The summed E-state index contributed by atoms with van der Waals surface area (Å²) in [5.41, 5.74) is -0.975. The maximum Gasteiger partial charge on any atom is 0.416 e. The number of hydrogen-bond donors (Lipinski definition) is 2. The number of rotatable bonds is 9. The molecule has 0 saturated carbocycles. The van der Waals surface area contributed by atoms with E-state index in [-0.39, 0.29) is 24.5 Å². The van der Waals surface area contributed by atoms with Gasteiger partial charge in [-0.15, -0.1) is 0 Å². The lowest BCUT2D eigenvalue weighted by Gasteiger charge is -2.25. The number of pyridine rings is 1. The van der Waals surface area contributed by atoms with Gasteiger partial charge in [-0.05, 0) is 53.4 Å². The standard InChI is InChI=1S/C29H26F6N4O2/c1-39(17-19-11-21(28(30,31)32)14-22(12-19)29(33,34)35)27(41)25(13-20-16-37-24-7-3-2-6-23(20)24)38-26(40)9-8-18-5-4-10-36-15-18/h2-7,10-12,14-16,25,37H,8-9,13,17H2,1H3,(H,38,40). The number of aryl methyl sites for hydroxylation is 1. The average molecular weight is 577 g/mol. The van der Waals surface area contributed by atoms with E-state index in [1.807, 2.05) is 18.2 Å². The molecule has 0 spiro atoms. The summed E-state index contributed by atoms with van der Waals surface area (Å²) in [5.74, 6) is -1.12. The third kappa shape index (κ3) is 7.65. The lowest BCUT2D eigenvalue weighted by Crippen LogP contribution is -2.48. The number of halogens is 6. The molecule has 0 aliphatic carbocycles. The molecule has 1 atom stereocenters. The van der Waals surface area contributed by atoms with E-state index >= 15 is 0 Å². The Balaban J connectivity index is 1.57. The van der Waals surface area contributed by atoms with Crippen molar-refractivity contribution in [2.24, 2.45) is 0 Å². The van der Waals surface area contributed by atoms with Crippen LogP contribution in [0.15, 0.2) is 73.2 Å². The van der Waals surface area contributed by atoms with Crippen molar-refractivity contribution in [1.82, 2.24) is 20.2 Å². The fourth-order valence-electron chi connectivity index (χ4n) is 4.52. The maximum atomic E-state index is 13.5. The highest BCUT2D eigenvalue weighted by Gasteiger charge is 2.37. The minimum absolute atomic E-state index is 0.0353. The third-order valence-electron chi connectivity index (χ3n) is 6.54. The molecule has 0 aliphatic heterocycles. The Hall–Kier alpha value is -4.35. The predicted octanol–water partition coefficient (Wildman–Crippen LogP) is 5.92. The summed E-state index contributed by atoms with van der Waals surface area (Å²) < 4.78 is 80.0. The van der Waals surface area contributed by atoms with Crippen LogP contribution >= 0.6 is 0 Å². The topological polar surface area (TPSA) is 78.1 Å². The van der Waals surface area contributed by atoms with Crippen molar-refractivity contribution in [2.45, 2.75) is 44.2 Å². The number of hydrogen-bond acceptors (Lipinski definition) is 3. The number of carbonyl (C=O) groups is 2. The molecule has 0 aliphatic rings. The second-order valence-electron chi connectivity index (χ2n) is 9.65. The van der Waals surface area contributed by atoms with Crippen molar-refractivity contribution in [3.63, 3.8) is 0 Å². The molecule has 12 heteroatoms. The molecule has 2 aromatic heterocycles. The first-order valence-corrected chi connectivity index (χ1v) is 12.6. The molecule has 41 heavy (non-hydrogen) atoms. The Bertz CT molecular complexity index is 1480. The number of alkyl halides is 6. The molecule has 0 radical (unpaired) electrons. The van der Waals surface area contributed by atoms with E-state index in [9.17, 15) is 35.9 Å². The van der Waals surface area contributed by atoms with Crippen LogP contribution in [0.2, 0.25) is 0 Å². The first-order valence-electron chi connectivity index (χ1n) is 12.6. The van der Waals surface area contributed by atoms with Gasteiger partial charge in [-0.3, -0.25) is 14.6 Å². The van der Waals surface area contributed by atoms with Gasteiger partial charge in [0, 0.05) is 55.9 Å². The number of amides is 2. The molecule has 1 unspecified atom stereocenters. The monoisotopic (exact) mass is 576 g/mol. The van der Waals surface area contributed by atoms with Gasteiger partial charge in [-0.1, -0.05) is 24.3 Å². The summed E-state index contributed by atoms with van der Waals surface area (Å²) in [6.07, 6.45) is -4.70. The smallest absolute Gasteiger partial charge is 0.361 e. The summed E-state index contributed by atoms with van der Waals surface area (Å²) in [6, 6.07) is 10.9. The van der Waals surface area contributed by atoms with E-state index in [0.717, 1.165) is 21.4 Å². The minimum atomic E-state index is -5.02. The Morgan fingerprint density at radius 3 is 2.27 bits per heavy atom. The van der Waals surface area contributed by atoms with Gasteiger partial charge in [0.25, 0.3) is 0 Å². The van der Waals surface area contributed by atoms with Crippen LogP contribution in [0.4, 0.5) is 26.3 Å². The Labute approximate surface area is 231 Å². The van der Waals surface area contributed by atoms with Gasteiger partial charge in [-0.2, -0.15) is 26.3 Å². The quantitative estimate of drug-likeness (QED) is 0.243. The Kier molecular flexibility index (Phi) is 8.69. The van der Waals surface area contributed by atoms with E-state index in [1.165, 1.54) is 7.05 Å². The van der Waals surface area contributed by atoms with Crippen LogP contribution in [0.1, 0.15) is 34.2 Å². The van der Waals surface area contributed by atoms with Crippen LogP contribution in [0.5, 0.6) is 0 Å². The molecule has 0 bridgehead atoms. The average Bonchev–Trinajstić information content (AvgIpc) is 3.33. The van der Waals surface area contributed by atoms with Crippen molar-refractivity contribution >= 4 is 22.7 Å². The van der Waals surface area contributed by atoms with Crippen molar-refractivity contribution < 1.29 is 35.9 Å². The van der Waals surface area contributed by atoms with Gasteiger partial charge >= 0.3 is 12.4 Å². The number of carbonyl (C=O) groups excluding carboxylic acids is 2. The lowest BCUT2D eigenvalue weighted by atomic mass is 10.0. The summed E-state index contributed by atoms with van der Waals surface area (Å²) >= 11 is 0. The summed E-state index contributed by atoms with van der Waals surface area (Å²) in [5, 5.41) is 3.51. The molecule has 6 nitrogen and oxygen atoms in total. The number of para-hydroxylation sites is 1. The Morgan fingerprint density at radius 2 is 1.63 bits per heavy atom. The van der Waals surface area contributed by atoms with E-state index in [0.29, 0.717) is 24.1 Å². The molecule has 0 saturated heterocycles. The van der Waals surface area contributed by atoms with Gasteiger partial charge in [0.15, 0.2) is 0 Å². The van der Waals surface area contributed by atoms with Gasteiger partial charge < -0.3 is 15.2 Å². The molecule has 4 aromatic rings. The van der Waals surface area contributed by atoms with E-state index in [1.54, 1.807) is 36.8 Å². The van der Waals surface area contributed by atoms with Crippen molar-refractivity contribution in [3.8, 4) is 0 Å². The number of nitrogens with zero attached hydrogens (tertiary/aromatic N) is 2. The van der Waals surface area contributed by atoms with Gasteiger partial charge in [0.05, 0.1) is 11.1 Å². The summed E-state index contributed by atoms with van der Waals surface area (Å²) in [7, 11) is 1.26. The number of benzene rings is 2. The van der Waals surface area contributed by atoms with Crippen molar-refractivity contribution in [2.75, 3.05) is 7.05 Å². The number of fused-ring (bicyclic) bond motifs is 1. The third-order valence-corrected chi connectivity index (χ3v) is 6.54. The molecule has 0 fully saturated rings. The first-order chi connectivity index (χ1) is 19.3. The second-order valence-corrected chi connectivity index (χ2v) is 9.65. The van der Waals surface area contributed by atoms with Gasteiger partial charge in [0.1, 0.15) is 6.04 Å². The molecule has 4 rings (SSSR count). The maximum absolute atomic E-state index is 13.5. The van der Waals surface area contributed by atoms with E-state index in [4.69, 9.17) is 0 Å². The van der Waals surface area contributed by atoms with Crippen LogP contribution < -0.4 is 5.32 Å². The lowest BCUT2D eigenvalue weighted by molar-refractivity contribution is -0.143. The number of H-pyrrole nitrogens is 1. The fourth-order valence-corrected chi connectivity index (χ4v) is 4.52. The summed E-state index contributed by atoms with van der Waals surface area (Å²) in [4.78, 5) is 34.5. The zero-order chi connectivity index (χ0) is 29.8. The van der Waals surface area contributed by atoms with Crippen LogP contribution in [-0.2, 0) is 41.3 Å². The van der Waals surface area contributed by atoms with Gasteiger partial charge in [-0.25, -0.2) is 0 Å². The number of aromatic nitrogens is 2. The SMILES string of the molecule is CN(Cc1cc(C(F)(F)F)cc(C(F)(F)F)c1)C(=O)C(Cc1c[nH]c2ccccc12)NC(=O)CCc1cccnc1. The van der Waals surface area contributed by atoms with Crippen LogP contribution in [-0.4, -0.2) is 39.8 Å². The number of likely N-dealkylation sites (N-methyl/N-ethyl adjacent to an activating group) is 1. The number of aromatic amines is 1. The summed E-state index contributed by atoms with van der Waals surface area (Å²) in [6.45, 7) is -0.540. The zero-order valence-corrected chi connectivity index (χ0v) is 21.8. The molecule has 2 heterocycles. The molecule has 216 valence electrons. The largest absolute Gasteiger partial charge is 0.416 e.